The Labute approximate surface area is 121 Å². The summed E-state index contributed by atoms with van der Waals surface area (Å²) in [6.07, 6.45) is 4.23. The monoisotopic (exact) mass is 284 g/mol. The number of aryl methyl sites for hydroxylation is 1. The number of rotatable bonds is 4. The van der Waals surface area contributed by atoms with E-state index in [-0.39, 0.29) is 5.56 Å². The van der Waals surface area contributed by atoms with Crippen LogP contribution in [0.5, 0.6) is 0 Å². The van der Waals surface area contributed by atoms with Crippen LogP contribution in [-0.2, 0) is 13.0 Å². The first-order valence-electron chi connectivity index (χ1n) is 6.74. The Morgan fingerprint density at radius 1 is 1.33 bits per heavy atom. The van der Waals surface area contributed by atoms with E-state index in [1.165, 1.54) is 6.07 Å². The molecule has 0 bridgehead atoms. The first-order valence-corrected chi connectivity index (χ1v) is 6.74. The quantitative estimate of drug-likeness (QED) is 0.736. The molecule has 21 heavy (non-hydrogen) atoms. The second kappa shape index (κ2) is 5.45. The van der Waals surface area contributed by atoms with E-state index >= 15 is 0 Å². The van der Waals surface area contributed by atoms with Gasteiger partial charge in [-0.1, -0.05) is 11.3 Å². The molecule has 0 fully saturated rings. The van der Waals surface area contributed by atoms with E-state index in [1.54, 1.807) is 15.3 Å². The number of pyridine rings is 1. The maximum Gasteiger partial charge on any atom is 0.258 e. The van der Waals surface area contributed by atoms with Gasteiger partial charge in [0.05, 0.1) is 17.9 Å². The summed E-state index contributed by atoms with van der Waals surface area (Å²) in [5.74, 6) is 0. The van der Waals surface area contributed by atoms with Crippen LogP contribution in [0, 0.1) is 6.92 Å². The fourth-order valence-electron chi connectivity index (χ4n) is 2.23. The molecule has 108 valence electrons. The standard InChI is InChI=1S/C14H16N6O/c1-10-3-2-6-20-13(21)7-12(16-14(10)20)9-19-8-11(4-5-15)17-18-19/h2-3,6-8H,4-5,9,15H2,1H3. The number of hydrogen-bond acceptors (Lipinski definition) is 5. The Morgan fingerprint density at radius 3 is 3.00 bits per heavy atom. The Hall–Kier alpha value is -2.54. The molecule has 0 aliphatic rings. The molecule has 2 N–H and O–H groups in total. The average Bonchev–Trinajstić information content (AvgIpc) is 2.88. The highest BCUT2D eigenvalue weighted by Gasteiger charge is 2.06. The highest BCUT2D eigenvalue weighted by molar-refractivity contribution is 5.46. The third-order valence-electron chi connectivity index (χ3n) is 3.25. The zero-order valence-corrected chi connectivity index (χ0v) is 11.7. The van der Waals surface area contributed by atoms with Crippen molar-refractivity contribution < 1.29 is 0 Å². The third kappa shape index (κ3) is 2.68. The van der Waals surface area contributed by atoms with E-state index in [9.17, 15) is 4.79 Å². The largest absolute Gasteiger partial charge is 0.330 e. The van der Waals surface area contributed by atoms with E-state index in [2.05, 4.69) is 15.3 Å². The Bertz CT molecular complexity index is 835. The maximum absolute atomic E-state index is 12.1. The van der Waals surface area contributed by atoms with E-state index in [1.807, 2.05) is 25.3 Å². The van der Waals surface area contributed by atoms with Crippen LogP contribution in [0.4, 0.5) is 0 Å². The van der Waals surface area contributed by atoms with Gasteiger partial charge in [-0.05, 0) is 25.1 Å². The lowest BCUT2D eigenvalue weighted by atomic mass is 10.3. The molecule has 3 aromatic heterocycles. The predicted molar refractivity (Wildman–Crippen MR) is 78.1 cm³/mol. The number of aromatic nitrogens is 5. The van der Waals surface area contributed by atoms with Crippen LogP contribution >= 0.6 is 0 Å². The van der Waals surface area contributed by atoms with E-state index in [0.29, 0.717) is 30.9 Å². The molecule has 0 radical (unpaired) electrons. The topological polar surface area (TPSA) is 91.1 Å². The zero-order valence-electron chi connectivity index (χ0n) is 11.7. The first kappa shape index (κ1) is 13.4. The van der Waals surface area contributed by atoms with Gasteiger partial charge in [0.2, 0.25) is 0 Å². The number of nitrogens with two attached hydrogens (primary N) is 1. The second-order valence-electron chi connectivity index (χ2n) is 4.92. The highest BCUT2D eigenvalue weighted by atomic mass is 16.1. The fraction of sp³-hybridized carbons (Fsp3) is 0.286. The molecule has 3 aromatic rings. The normalized spacial score (nSPS) is 11.1. The van der Waals surface area contributed by atoms with Gasteiger partial charge in [0.15, 0.2) is 0 Å². The molecule has 3 rings (SSSR count). The smallest absolute Gasteiger partial charge is 0.258 e. The van der Waals surface area contributed by atoms with Crippen LogP contribution in [0.1, 0.15) is 17.0 Å². The summed E-state index contributed by atoms with van der Waals surface area (Å²) in [5, 5.41) is 8.05. The fourth-order valence-corrected chi connectivity index (χ4v) is 2.23. The predicted octanol–water partition coefficient (Wildman–Crippen LogP) is 0.144. The maximum atomic E-state index is 12.1. The van der Waals surface area contributed by atoms with Gasteiger partial charge in [0, 0.05) is 24.9 Å². The third-order valence-corrected chi connectivity index (χ3v) is 3.25. The SMILES string of the molecule is Cc1cccn2c(=O)cc(Cn3cc(CCN)nn3)nc12. The van der Waals surface area contributed by atoms with E-state index < -0.39 is 0 Å². The minimum atomic E-state index is -0.0963. The average molecular weight is 284 g/mol. The molecular weight excluding hydrogens is 268 g/mol. The van der Waals surface area contributed by atoms with Gasteiger partial charge in [0.1, 0.15) is 5.65 Å². The van der Waals surface area contributed by atoms with Gasteiger partial charge in [-0.2, -0.15) is 0 Å². The van der Waals surface area contributed by atoms with Crippen molar-refractivity contribution in [2.75, 3.05) is 6.54 Å². The lowest BCUT2D eigenvalue weighted by Gasteiger charge is -2.05. The molecule has 7 heteroatoms. The summed E-state index contributed by atoms with van der Waals surface area (Å²) >= 11 is 0. The van der Waals surface area contributed by atoms with Gasteiger partial charge in [-0.15, -0.1) is 5.10 Å². The molecule has 0 unspecified atom stereocenters. The van der Waals surface area contributed by atoms with Crippen LogP contribution in [0.3, 0.4) is 0 Å². The molecule has 0 aromatic carbocycles. The van der Waals surface area contributed by atoms with Crippen molar-refractivity contribution in [3.05, 3.63) is 57.9 Å². The molecule has 0 amide bonds. The molecule has 0 saturated heterocycles. The molecule has 0 aliphatic carbocycles. The van der Waals surface area contributed by atoms with Gasteiger partial charge in [-0.25, -0.2) is 9.67 Å². The van der Waals surface area contributed by atoms with Crippen molar-refractivity contribution in [1.29, 1.82) is 0 Å². The summed E-state index contributed by atoms with van der Waals surface area (Å²) in [6, 6.07) is 5.29. The van der Waals surface area contributed by atoms with Crippen molar-refractivity contribution in [2.45, 2.75) is 19.9 Å². The summed E-state index contributed by atoms with van der Waals surface area (Å²) in [5.41, 5.74) is 8.52. The van der Waals surface area contributed by atoms with Crippen molar-refractivity contribution in [2.24, 2.45) is 5.73 Å². The minimum Gasteiger partial charge on any atom is -0.330 e. The van der Waals surface area contributed by atoms with Crippen LogP contribution < -0.4 is 11.3 Å². The summed E-state index contributed by atoms with van der Waals surface area (Å²) in [7, 11) is 0. The van der Waals surface area contributed by atoms with Gasteiger partial charge < -0.3 is 5.73 Å². The molecule has 0 aliphatic heterocycles. The van der Waals surface area contributed by atoms with E-state index in [4.69, 9.17) is 5.73 Å². The van der Waals surface area contributed by atoms with Crippen molar-refractivity contribution >= 4 is 5.65 Å². The van der Waals surface area contributed by atoms with E-state index in [0.717, 1.165) is 11.3 Å². The highest BCUT2D eigenvalue weighted by Crippen LogP contribution is 2.06. The molecular formula is C14H16N6O. The lowest BCUT2D eigenvalue weighted by molar-refractivity contribution is 0.637. The van der Waals surface area contributed by atoms with Crippen molar-refractivity contribution in [3.63, 3.8) is 0 Å². The van der Waals surface area contributed by atoms with Crippen LogP contribution in [0.25, 0.3) is 5.65 Å². The van der Waals surface area contributed by atoms with Crippen molar-refractivity contribution in [1.82, 2.24) is 24.4 Å². The van der Waals surface area contributed by atoms with Gasteiger partial charge in [-0.3, -0.25) is 9.20 Å². The Kier molecular flexibility index (Phi) is 3.49. The second-order valence-corrected chi connectivity index (χ2v) is 4.92. The lowest BCUT2D eigenvalue weighted by Crippen LogP contribution is -2.17. The first-order chi connectivity index (χ1) is 10.2. The minimum absolute atomic E-state index is 0.0963. The molecule has 0 saturated carbocycles. The van der Waals surface area contributed by atoms with Crippen LogP contribution in [0.15, 0.2) is 35.4 Å². The van der Waals surface area contributed by atoms with Gasteiger partial charge in [0.25, 0.3) is 5.56 Å². The molecule has 3 heterocycles. The van der Waals surface area contributed by atoms with Crippen LogP contribution in [-0.4, -0.2) is 30.9 Å². The zero-order chi connectivity index (χ0) is 14.8. The van der Waals surface area contributed by atoms with Gasteiger partial charge >= 0.3 is 0 Å². The summed E-state index contributed by atoms with van der Waals surface area (Å²) < 4.78 is 3.21. The summed E-state index contributed by atoms with van der Waals surface area (Å²) in [6.45, 7) is 2.88. The van der Waals surface area contributed by atoms with Crippen LogP contribution in [0.2, 0.25) is 0 Å². The molecule has 7 nitrogen and oxygen atoms in total. The molecule has 0 atom stereocenters. The number of nitrogens with zero attached hydrogens (tertiary/aromatic N) is 5. The van der Waals surface area contributed by atoms with Crippen molar-refractivity contribution in [3.8, 4) is 0 Å². The number of hydrogen-bond donors (Lipinski definition) is 1. The molecule has 0 spiro atoms. The summed E-state index contributed by atoms with van der Waals surface area (Å²) in [4.78, 5) is 16.6. The Morgan fingerprint density at radius 2 is 2.19 bits per heavy atom. The Balaban J connectivity index is 1.97. The number of fused-ring (bicyclic) bond motifs is 1.